The molecule has 13 heavy (non-hydrogen) atoms. The molecule has 0 aliphatic heterocycles. The fourth-order valence-electron chi connectivity index (χ4n) is 1.29. The molecule has 0 saturated heterocycles. The topological polar surface area (TPSA) is 17.1 Å². The predicted octanol–water partition coefficient (Wildman–Crippen LogP) is 3.44. The molecular weight excluding hydrogens is 180 g/mol. The van der Waals surface area contributed by atoms with Crippen LogP contribution in [0.2, 0.25) is 0 Å². The second-order valence-electron chi connectivity index (χ2n) is 3.50. The Bertz CT molecular complexity index is 134. The molecule has 1 radical (unpaired) electrons. The molecule has 2 heteroatoms. The van der Waals surface area contributed by atoms with Gasteiger partial charge in [-0.15, -0.1) is 0 Å². The smallest absolute Gasteiger partial charge is 0.134 e. The molecule has 0 bridgehead atoms. The van der Waals surface area contributed by atoms with Crippen LogP contribution in [-0.4, -0.2) is 11.0 Å². The van der Waals surface area contributed by atoms with Crippen molar-refractivity contribution >= 4 is 18.4 Å². The summed E-state index contributed by atoms with van der Waals surface area (Å²) in [5, 5.41) is 0.269. The van der Waals surface area contributed by atoms with Crippen LogP contribution >= 0.6 is 12.6 Å². The highest BCUT2D eigenvalue weighted by Crippen LogP contribution is 2.13. The largest absolute Gasteiger partial charge is 0.300 e. The number of hydrogen-bond donors (Lipinski definition) is 1. The zero-order valence-corrected chi connectivity index (χ0v) is 9.48. The molecule has 77 valence electrons. The van der Waals surface area contributed by atoms with Gasteiger partial charge in [-0.25, -0.2) is 0 Å². The monoisotopic (exact) mass is 201 g/mol. The summed E-state index contributed by atoms with van der Waals surface area (Å²) in [5.74, 6) is 0.312. The van der Waals surface area contributed by atoms with Crippen molar-refractivity contribution in [2.45, 2.75) is 57.1 Å². The molecule has 0 fully saturated rings. The van der Waals surface area contributed by atoms with E-state index in [0.717, 1.165) is 6.42 Å². The summed E-state index contributed by atoms with van der Waals surface area (Å²) in [4.78, 5) is 11.2. The van der Waals surface area contributed by atoms with Crippen molar-refractivity contribution in [2.24, 2.45) is 0 Å². The van der Waals surface area contributed by atoms with Gasteiger partial charge in [-0.05, 0) is 12.8 Å². The Balaban J connectivity index is 3.38. The molecule has 0 aromatic rings. The Morgan fingerprint density at radius 3 is 2.69 bits per heavy atom. The van der Waals surface area contributed by atoms with Gasteiger partial charge in [0.15, 0.2) is 0 Å². The van der Waals surface area contributed by atoms with E-state index in [1.165, 1.54) is 19.3 Å². The highest BCUT2D eigenvalue weighted by molar-refractivity contribution is 7.81. The van der Waals surface area contributed by atoms with Crippen molar-refractivity contribution in [1.29, 1.82) is 0 Å². The molecule has 0 heterocycles. The molecule has 0 aliphatic carbocycles. The van der Waals surface area contributed by atoms with Gasteiger partial charge in [0, 0.05) is 18.1 Å². The molecular formula is C11H21OS. The van der Waals surface area contributed by atoms with Crippen LogP contribution < -0.4 is 0 Å². The SMILES string of the molecule is [CH2]CCC(=O)CC(S)CCCCC. The van der Waals surface area contributed by atoms with Gasteiger partial charge in [0.2, 0.25) is 0 Å². The van der Waals surface area contributed by atoms with E-state index in [2.05, 4.69) is 26.5 Å². The number of rotatable bonds is 8. The summed E-state index contributed by atoms with van der Waals surface area (Å²) in [6.07, 6.45) is 6.71. The van der Waals surface area contributed by atoms with E-state index in [9.17, 15) is 4.79 Å². The first-order chi connectivity index (χ1) is 6.20. The average Bonchev–Trinajstić information content (AvgIpc) is 2.05. The number of unbranched alkanes of at least 4 members (excludes halogenated alkanes) is 2. The minimum absolute atomic E-state index is 0.269. The summed E-state index contributed by atoms with van der Waals surface area (Å²) in [6, 6.07) is 0. The lowest BCUT2D eigenvalue weighted by molar-refractivity contribution is -0.119. The van der Waals surface area contributed by atoms with Gasteiger partial charge in [-0.1, -0.05) is 33.1 Å². The van der Waals surface area contributed by atoms with E-state index in [1.54, 1.807) is 0 Å². The predicted molar refractivity (Wildman–Crippen MR) is 61.1 cm³/mol. The van der Waals surface area contributed by atoms with E-state index >= 15 is 0 Å². The maximum Gasteiger partial charge on any atom is 0.134 e. The summed E-state index contributed by atoms with van der Waals surface area (Å²) < 4.78 is 0. The van der Waals surface area contributed by atoms with Crippen molar-refractivity contribution in [2.75, 3.05) is 0 Å². The van der Waals surface area contributed by atoms with Gasteiger partial charge in [0.25, 0.3) is 0 Å². The molecule has 0 saturated carbocycles. The molecule has 0 rings (SSSR count). The van der Waals surface area contributed by atoms with E-state index in [1.807, 2.05) is 0 Å². The first kappa shape index (κ1) is 13.0. The number of thiol groups is 1. The standard InChI is InChI=1S/C11H21OS/c1-3-5-6-8-11(13)9-10(12)7-4-2/h11,13H,2-9H2,1H3. The number of carbonyl (C=O) groups excluding carboxylic acids is 1. The number of ketones is 1. The van der Waals surface area contributed by atoms with E-state index < -0.39 is 0 Å². The van der Waals surface area contributed by atoms with Crippen molar-refractivity contribution in [1.82, 2.24) is 0 Å². The highest BCUT2D eigenvalue weighted by atomic mass is 32.1. The van der Waals surface area contributed by atoms with Crippen LogP contribution in [0.25, 0.3) is 0 Å². The van der Waals surface area contributed by atoms with Crippen molar-refractivity contribution in [3.8, 4) is 0 Å². The Labute approximate surface area is 87.7 Å². The number of carbonyl (C=O) groups is 1. The molecule has 0 N–H and O–H groups in total. The summed E-state index contributed by atoms with van der Waals surface area (Å²) in [7, 11) is 0. The van der Waals surface area contributed by atoms with Crippen LogP contribution in [0.4, 0.5) is 0 Å². The zero-order valence-electron chi connectivity index (χ0n) is 8.59. The zero-order chi connectivity index (χ0) is 10.1. The van der Waals surface area contributed by atoms with Gasteiger partial charge in [-0.2, -0.15) is 12.6 Å². The van der Waals surface area contributed by atoms with Crippen LogP contribution in [-0.2, 0) is 4.79 Å². The molecule has 0 amide bonds. The van der Waals surface area contributed by atoms with Crippen LogP contribution in [0, 0.1) is 6.92 Å². The lowest BCUT2D eigenvalue weighted by Crippen LogP contribution is -2.07. The van der Waals surface area contributed by atoms with Crippen LogP contribution in [0.15, 0.2) is 0 Å². The third-order valence-corrected chi connectivity index (χ3v) is 2.50. The minimum Gasteiger partial charge on any atom is -0.300 e. The molecule has 0 aromatic carbocycles. The Hall–Kier alpha value is 0.0200. The highest BCUT2D eigenvalue weighted by Gasteiger charge is 2.08. The summed E-state index contributed by atoms with van der Waals surface area (Å²) in [6.45, 7) is 5.84. The van der Waals surface area contributed by atoms with E-state index in [0.29, 0.717) is 25.0 Å². The lowest BCUT2D eigenvalue weighted by Gasteiger charge is -2.08. The van der Waals surface area contributed by atoms with Gasteiger partial charge in [-0.3, -0.25) is 4.79 Å². The lowest BCUT2D eigenvalue weighted by atomic mass is 10.1. The molecule has 1 unspecified atom stereocenters. The minimum atomic E-state index is 0.269. The molecule has 0 spiro atoms. The maximum atomic E-state index is 11.2. The third-order valence-electron chi connectivity index (χ3n) is 2.06. The molecule has 1 atom stereocenters. The normalized spacial score (nSPS) is 12.8. The third kappa shape index (κ3) is 8.35. The second kappa shape index (κ2) is 8.61. The van der Waals surface area contributed by atoms with Gasteiger partial charge < -0.3 is 0 Å². The van der Waals surface area contributed by atoms with Crippen LogP contribution in [0.3, 0.4) is 0 Å². The summed E-state index contributed by atoms with van der Waals surface area (Å²) in [5.41, 5.74) is 0. The molecule has 0 aliphatic rings. The van der Waals surface area contributed by atoms with Crippen molar-refractivity contribution in [3.05, 3.63) is 6.92 Å². The van der Waals surface area contributed by atoms with E-state index in [4.69, 9.17) is 0 Å². The fourth-order valence-corrected chi connectivity index (χ4v) is 1.68. The second-order valence-corrected chi connectivity index (χ2v) is 4.23. The van der Waals surface area contributed by atoms with Crippen LogP contribution in [0.1, 0.15) is 51.9 Å². The fraction of sp³-hybridized carbons (Fsp3) is 0.818. The van der Waals surface area contributed by atoms with Gasteiger partial charge in [0.05, 0.1) is 0 Å². The Kier molecular flexibility index (Phi) is 8.62. The van der Waals surface area contributed by atoms with Gasteiger partial charge >= 0.3 is 0 Å². The van der Waals surface area contributed by atoms with Gasteiger partial charge in [0.1, 0.15) is 5.78 Å². The first-order valence-electron chi connectivity index (χ1n) is 5.19. The van der Waals surface area contributed by atoms with Crippen LogP contribution in [0.5, 0.6) is 0 Å². The number of Topliss-reactive ketones (excluding diaryl/α,β-unsaturated/α-hetero) is 1. The number of hydrogen-bond acceptors (Lipinski definition) is 2. The van der Waals surface area contributed by atoms with Crippen molar-refractivity contribution < 1.29 is 4.79 Å². The Morgan fingerprint density at radius 1 is 1.46 bits per heavy atom. The van der Waals surface area contributed by atoms with Crippen molar-refractivity contribution in [3.63, 3.8) is 0 Å². The quantitative estimate of drug-likeness (QED) is 0.470. The summed E-state index contributed by atoms with van der Waals surface area (Å²) >= 11 is 4.39. The van der Waals surface area contributed by atoms with E-state index in [-0.39, 0.29) is 5.25 Å². The average molecular weight is 201 g/mol. The first-order valence-corrected chi connectivity index (χ1v) is 5.71. The Morgan fingerprint density at radius 2 is 2.15 bits per heavy atom. The molecule has 0 aromatic heterocycles. The maximum absolute atomic E-state index is 11.2. The molecule has 1 nitrogen and oxygen atoms in total.